The van der Waals surface area contributed by atoms with Crippen molar-refractivity contribution in [2.45, 2.75) is 33.8 Å². The van der Waals surface area contributed by atoms with Gasteiger partial charge in [0.25, 0.3) is 11.1 Å². The van der Waals surface area contributed by atoms with Gasteiger partial charge in [-0.3, -0.25) is 19.3 Å². The van der Waals surface area contributed by atoms with Crippen LogP contribution in [0.15, 0.2) is 41.4 Å². The van der Waals surface area contributed by atoms with Crippen molar-refractivity contribution in [2.24, 2.45) is 0 Å². The second kappa shape index (κ2) is 8.06. The van der Waals surface area contributed by atoms with E-state index in [9.17, 15) is 14.4 Å². The van der Waals surface area contributed by atoms with Crippen LogP contribution in [0.1, 0.15) is 30.7 Å². The average molecular weight is 398 g/mol. The van der Waals surface area contributed by atoms with Gasteiger partial charge in [-0.2, -0.15) is 0 Å². The Morgan fingerprint density at radius 1 is 1.18 bits per heavy atom. The van der Waals surface area contributed by atoms with Gasteiger partial charge >= 0.3 is 5.97 Å². The number of thioether (sulfide) groups is 1. The molecule has 146 valence electrons. The summed E-state index contributed by atoms with van der Waals surface area (Å²) in [5.74, 6) is -1.08. The molecule has 1 aromatic heterocycles. The zero-order valence-electron chi connectivity index (χ0n) is 16.3. The molecule has 0 atom stereocenters. The number of ether oxygens (including phenoxy) is 1. The maximum atomic E-state index is 12.6. The summed E-state index contributed by atoms with van der Waals surface area (Å²) in [6, 6.07) is 9.87. The summed E-state index contributed by atoms with van der Waals surface area (Å²) >= 11 is 0.828. The van der Waals surface area contributed by atoms with E-state index in [1.165, 1.54) is 11.1 Å². The lowest BCUT2D eigenvalue weighted by Crippen LogP contribution is -2.35. The van der Waals surface area contributed by atoms with E-state index in [1.807, 2.05) is 42.0 Å². The standard InChI is InChI=1S/C21H22N2O4S/c1-13(2)27-19(24)12-23-20(25)18(28-21(23)26)11-16-6-5-9-22(16)17-8-7-14(3)15(4)10-17/h5-11,13H,12H2,1-4H3/b18-11+. The van der Waals surface area contributed by atoms with Crippen LogP contribution in [-0.4, -0.2) is 39.2 Å². The van der Waals surface area contributed by atoms with Crippen molar-refractivity contribution < 1.29 is 19.1 Å². The molecule has 1 fully saturated rings. The molecule has 2 aromatic rings. The molecule has 0 bridgehead atoms. The number of carbonyl (C=O) groups is 3. The molecule has 0 saturated carbocycles. The quantitative estimate of drug-likeness (QED) is 0.561. The molecule has 6 nitrogen and oxygen atoms in total. The fraction of sp³-hybridized carbons (Fsp3) is 0.286. The number of esters is 1. The van der Waals surface area contributed by atoms with Gasteiger partial charge in [0.2, 0.25) is 0 Å². The van der Waals surface area contributed by atoms with Gasteiger partial charge in [-0.1, -0.05) is 6.07 Å². The number of carbonyl (C=O) groups excluding carboxylic acids is 3. The smallest absolute Gasteiger partial charge is 0.326 e. The van der Waals surface area contributed by atoms with Crippen LogP contribution in [0, 0.1) is 13.8 Å². The predicted octanol–water partition coefficient (Wildman–Crippen LogP) is 4.08. The summed E-state index contributed by atoms with van der Waals surface area (Å²) in [5, 5.41) is -0.471. The Hall–Kier alpha value is -2.80. The number of benzene rings is 1. The third-order valence-corrected chi connectivity index (χ3v) is 5.26. The summed E-state index contributed by atoms with van der Waals surface area (Å²) in [6.45, 7) is 7.15. The highest BCUT2D eigenvalue weighted by molar-refractivity contribution is 8.18. The molecule has 0 radical (unpaired) electrons. The molecule has 0 N–H and O–H groups in total. The van der Waals surface area contributed by atoms with E-state index in [2.05, 4.69) is 13.0 Å². The lowest BCUT2D eigenvalue weighted by Gasteiger charge is -2.13. The van der Waals surface area contributed by atoms with Crippen molar-refractivity contribution in [1.82, 2.24) is 9.47 Å². The van der Waals surface area contributed by atoms with E-state index < -0.39 is 17.1 Å². The Kier molecular flexibility index (Phi) is 5.74. The van der Waals surface area contributed by atoms with Crippen LogP contribution in [0.4, 0.5) is 4.79 Å². The van der Waals surface area contributed by atoms with Gasteiger partial charge in [0.05, 0.1) is 11.0 Å². The largest absolute Gasteiger partial charge is 0.462 e. The fourth-order valence-electron chi connectivity index (χ4n) is 2.82. The van der Waals surface area contributed by atoms with Gasteiger partial charge in [-0.05, 0) is 80.9 Å². The molecule has 2 heterocycles. The lowest BCUT2D eigenvalue weighted by atomic mass is 10.1. The van der Waals surface area contributed by atoms with Crippen molar-refractivity contribution in [1.29, 1.82) is 0 Å². The number of amides is 2. The van der Waals surface area contributed by atoms with Gasteiger partial charge in [0, 0.05) is 17.6 Å². The van der Waals surface area contributed by atoms with E-state index >= 15 is 0 Å². The topological polar surface area (TPSA) is 68.6 Å². The van der Waals surface area contributed by atoms with Crippen LogP contribution in [0.3, 0.4) is 0 Å². The number of hydrogen-bond acceptors (Lipinski definition) is 5. The third-order valence-electron chi connectivity index (χ3n) is 4.36. The predicted molar refractivity (Wildman–Crippen MR) is 109 cm³/mol. The molecule has 1 aromatic carbocycles. The second-order valence-corrected chi connectivity index (χ2v) is 7.87. The van der Waals surface area contributed by atoms with E-state index in [1.54, 1.807) is 19.9 Å². The number of imide groups is 1. The fourth-order valence-corrected chi connectivity index (χ4v) is 3.65. The molecule has 1 saturated heterocycles. The minimum Gasteiger partial charge on any atom is -0.462 e. The van der Waals surface area contributed by atoms with Crippen LogP contribution >= 0.6 is 11.8 Å². The van der Waals surface area contributed by atoms with Crippen molar-refractivity contribution in [3.63, 3.8) is 0 Å². The molecule has 1 aliphatic heterocycles. The van der Waals surface area contributed by atoms with Crippen LogP contribution in [0.5, 0.6) is 0 Å². The summed E-state index contributed by atoms with van der Waals surface area (Å²) in [5.41, 5.74) is 4.12. The maximum absolute atomic E-state index is 12.6. The normalized spacial score (nSPS) is 15.8. The molecule has 28 heavy (non-hydrogen) atoms. The van der Waals surface area contributed by atoms with E-state index in [-0.39, 0.29) is 17.6 Å². The molecule has 2 amide bonds. The Balaban J connectivity index is 1.84. The first-order valence-electron chi connectivity index (χ1n) is 8.96. The molecule has 0 unspecified atom stereocenters. The number of nitrogens with zero attached hydrogens (tertiary/aromatic N) is 2. The maximum Gasteiger partial charge on any atom is 0.326 e. The van der Waals surface area contributed by atoms with Crippen molar-refractivity contribution in [2.75, 3.05) is 6.54 Å². The molecule has 0 aliphatic carbocycles. The Bertz CT molecular complexity index is 975. The number of hydrogen-bond donors (Lipinski definition) is 0. The van der Waals surface area contributed by atoms with E-state index in [0.29, 0.717) is 0 Å². The second-order valence-electron chi connectivity index (χ2n) is 6.88. The Morgan fingerprint density at radius 3 is 2.61 bits per heavy atom. The number of aryl methyl sites for hydroxylation is 2. The minimum atomic E-state index is -0.600. The number of rotatable bonds is 5. The highest BCUT2D eigenvalue weighted by Gasteiger charge is 2.37. The summed E-state index contributed by atoms with van der Waals surface area (Å²) in [4.78, 5) is 37.8. The third kappa shape index (κ3) is 4.20. The molecule has 1 aliphatic rings. The molecule has 3 rings (SSSR count). The first kappa shape index (κ1) is 19.9. The lowest BCUT2D eigenvalue weighted by molar-refractivity contribution is -0.149. The minimum absolute atomic E-state index is 0.283. The highest BCUT2D eigenvalue weighted by atomic mass is 32.2. The SMILES string of the molecule is Cc1ccc(-n2cccc2/C=C2/SC(=O)N(CC(=O)OC(C)C)C2=O)cc1C. The van der Waals surface area contributed by atoms with Gasteiger partial charge < -0.3 is 9.30 Å². The van der Waals surface area contributed by atoms with Gasteiger partial charge in [0.1, 0.15) is 6.54 Å². The van der Waals surface area contributed by atoms with Crippen LogP contribution in [0.2, 0.25) is 0 Å². The van der Waals surface area contributed by atoms with Gasteiger partial charge in [-0.25, -0.2) is 0 Å². The highest BCUT2D eigenvalue weighted by Crippen LogP contribution is 2.32. The Morgan fingerprint density at radius 2 is 1.93 bits per heavy atom. The molecule has 0 spiro atoms. The van der Waals surface area contributed by atoms with Gasteiger partial charge in [-0.15, -0.1) is 0 Å². The summed E-state index contributed by atoms with van der Waals surface area (Å²) in [6.07, 6.45) is 3.28. The average Bonchev–Trinajstić information content (AvgIpc) is 3.17. The molecular formula is C21H22N2O4S. The number of aromatic nitrogens is 1. The first-order valence-corrected chi connectivity index (χ1v) is 9.77. The van der Waals surface area contributed by atoms with E-state index in [4.69, 9.17) is 4.74 Å². The van der Waals surface area contributed by atoms with Crippen molar-refractivity contribution in [3.8, 4) is 5.69 Å². The molecular weight excluding hydrogens is 376 g/mol. The monoisotopic (exact) mass is 398 g/mol. The Labute approximate surface area is 168 Å². The van der Waals surface area contributed by atoms with Crippen LogP contribution in [0.25, 0.3) is 11.8 Å². The van der Waals surface area contributed by atoms with Gasteiger partial charge in [0.15, 0.2) is 0 Å². The zero-order valence-corrected chi connectivity index (χ0v) is 17.1. The first-order chi connectivity index (χ1) is 13.3. The summed E-state index contributed by atoms with van der Waals surface area (Å²) in [7, 11) is 0. The van der Waals surface area contributed by atoms with Crippen LogP contribution in [-0.2, 0) is 14.3 Å². The summed E-state index contributed by atoms with van der Waals surface area (Å²) < 4.78 is 6.98. The van der Waals surface area contributed by atoms with Crippen LogP contribution < -0.4 is 0 Å². The molecule has 7 heteroatoms. The van der Waals surface area contributed by atoms with E-state index in [0.717, 1.165) is 28.0 Å². The van der Waals surface area contributed by atoms with Crippen molar-refractivity contribution >= 4 is 35.0 Å². The zero-order chi connectivity index (χ0) is 20.4. The van der Waals surface area contributed by atoms with Crippen molar-refractivity contribution in [3.05, 3.63) is 58.3 Å².